The van der Waals surface area contributed by atoms with Gasteiger partial charge in [0.05, 0.1) is 11.8 Å². The van der Waals surface area contributed by atoms with Crippen molar-refractivity contribution in [2.24, 2.45) is 0 Å². The summed E-state index contributed by atoms with van der Waals surface area (Å²) in [6.07, 6.45) is 5.74. The number of hydrogen-bond donors (Lipinski definition) is 0. The summed E-state index contributed by atoms with van der Waals surface area (Å²) >= 11 is 2.32. The zero-order chi connectivity index (χ0) is 15.5. The predicted octanol–water partition coefficient (Wildman–Crippen LogP) is 3.53. The SMILES string of the molecule is CCn1cc(C(=O)N2CCCC(c3ccc(I)cc3)C2)cn1. The van der Waals surface area contributed by atoms with Crippen LogP contribution in [0.25, 0.3) is 0 Å². The minimum Gasteiger partial charge on any atom is -0.338 e. The number of carbonyl (C=O) groups is 1. The maximum absolute atomic E-state index is 12.6. The van der Waals surface area contributed by atoms with E-state index in [2.05, 4.69) is 52.0 Å². The molecule has 0 bridgehead atoms. The number of nitrogens with zero attached hydrogens (tertiary/aromatic N) is 3. The minimum atomic E-state index is 0.106. The standard InChI is InChI=1S/C17H20IN3O/c1-2-21-12-15(10-19-21)17(22)20-9-3-4-14(11-20)13-5-7-16(18)8-6-13/h5-8,10,12,14H,2-4,9,11H2,1H3. The van der Waals surface area contributed by atoms with Gasteiger partial charge in [0.25, 0.3) is 5.91 Å². The summed E-state index contributed by atoms with van der Waals surface area (Å²) in [4.78, 5) is 14.6. The van der Waals surface area contributed by atoms with E-state index in [1.54, 1.807) is 10.9 Å². The molecule has 0 spiro atoms. The highest BCUT2D eigenvalue weighted by Crippen LogP contribution is 2.28. The van der Waals surface area contributed by atoms with E-state index in [0.717, 1.165) is 32.5 Å². The Bertz CT molecular complexity index is 650. The molecule has 1 fully saturated rings. The van der Waals surface area contributed by atoms with Crippen molar-refractivity contribution in [3.05, 3.63) is 51.4 Å². The van der Waals surface area contributed by atoms with Gasteiger partial charge < -0.3 is 4.90 Å². The fourth-order valence-corrected chi connectivity index (χ4v) is 3.36. The first kappa shape index (κ1) is 15.5. The molecule has 0 radical (unpaired) electrons. The third-order valence-electron chi connectivity index (χ3n) is 4.25. The van der Waals surface area contributed by atoms with Gasteiger partial charge >= 0.3 is 0 Å². The Balaban J connectivity index is 1.72. The number of aromatic nitrogens is 2. The fourth-order valence-electron chi connectivity index (χ4n) is 3.00. The summed E-state index contributed by atoms with van der Waals surface area (Å²) in [5.41, 5.74) is 2.03. The maximum Gasteiger partial charge on any atom is 0.257 e. The van der Waals surface area contributed by atoms with Crippen LogP contribution in [0, 0.1) is 3.57 Å². The molecule has 4 nitrogen and oxygen atoms in total. The highest BCUT2D eigenvalue weighted by atomic mass is 127. The van der Waals surface area contributed by atoms with Crippen LogP contribution in [0.1, 0.15) is 41.6 Å². The van der Waals surface area contributed by atoms with E-state index in [1.165, 1.54) is 9.13 Å². The molecule has 1 aliphatic heterocycles. The molecule has 1 unspecified atom stereocenters. The molecule has 2 heterocycles. The zero-order valence-electron chi connectivity index (χ0n) is 12.7. The lowest BCUT2D eigenvalue weighted by Crippen LogP contribution is -2.39. The van der Waals surface area contributed by atoms with E-state index in [1.807, 2.05) is 18.0 Å². The van der Waals surface area contributed by atoms with Crippen molar-refractivity contribution in [2.75, 3.05) is 13.1 Å². The first-order valence-electron chi connectivity index (χ1n) is 7.74. The van der Waals surface area contributed by atoms with Gasteiger partial charge in [-0.3, -0.25) is 9.48 Å². The van der Waals surface area contributed by atoms with Gasteiger partial charge in [0.1, 0.15) is 0 Å². The number of piperidine rings is 1. The number of halogens is 1. The Morgan fingerprint density at radius 3 is 2.82 bits per heavy atom. The van der Waals surface area contributed by atoms with Crippen molar-refractivity contribution in [1.82, 2.24) is 14.7 Å². The second-order valence-corrected chi connectivity index (χ2v) is 6.97. The summed E-state index contributed by atoms with van der Waals surface area (Å²) in [6.45, 7) is 4.46. The van der Waals surface area contributed by atoms with Gasteiger partial charge in [-0.1, -0.05) is 12.1 Å². The molecule has 1 amide bonds. The number of carbonyl (C=O) groups excluding carboxylic acids is 1. The summed E-state index contributed by atoms with van der Waals surface area (Å²) in [5.74, 6) is 0.547. The Hall–Kier alpha value is -1.37. The Morgan fingerprint density at radius 2 is 2.14 bits per heavy atom. The molecule has 0 saturated carbocycles. The van der Waals surface area contributed by atoms with Crippen LogP contribution in [0.4, 0.5) is 0 Å². The van der Waals surface area contributed by atoms with E-state index < -0.39 is 0 Å². The van der Waals surface area contributed by atoms with E-state index in [4.69, 9.17) is 0 Å². The molecule has 0 N–H and O–H groups in total. The maximum atomic E-state index is 12.6. The molecule has 0 aliphatic carbocycles. The summed E-state index contributed by atoms with van der Waals surface area (Å²) in [5, 5.41) is 4.21. The van der Waals surface area contributed by atoms with Crippen LogP contribution < -0.4 is 0 Å². The van der Waals surface area contributed by atoms with Crippen molar-refractivity contribution in [3.63, 3.8) is 0 Å². The van der Waals surface area contributed by atoms with E-state index in [9.17, 15) is 4.79 Å². The average Bonchev–Trinajstić information content (AvgIpc) is 3.04. The van der Waals surface area contributed by atoms with Crippen LogP contribution >= 0.6 is 22.6 Å². The number of benzene rings is 1. The van der Waals surface area contributed by atoms with Gasteiger partial charge in [-0.25, -0.2) is 0 Å². The molecule has 3 rings (SSSR count). The number of likely N-dealkylation sites (tertiary alicyclic amines) is 1. The van der Waals surface area contributed by atoms with Gasteiger partial charge in [0.2, 0.25) is 0 Å². The molecule has 1 saturated heterocycles. The van der Waals surface area contributed by atoms with Crippen molar-refractivity contribution >= 4 is 28.5 Å². The third kappa shape index (κ3) is 3.34. The highest BCUT2D eigenvalue weighted by Gasteiger charge is 2.26. The van der Waals surface area contributed by atoms with Crippen LogP contribution in [0.5, 0.6) is 0 Å². The van der Waals surface area contributed by atoms with Crippen LogP contribution in [0.2, 0.25) is 0 Å². The molecule has 1 aliphatic rings. The van der Waals surface area contributed by atoms with Crippen LogP contribution in [0.3, 0.4) is 0 Å². The minimum absolute atomic E-state index is 0.106. The van der Waals surface area contributed by atoms with Gasteiger partial charge in [-0.15, -0.1) is 0 Å². The molecule has 5 heteroatoms. The second-order valence-electron chi connectivity index (χ2n) is 5.73. The topological polar surface area (TPSA) is 38.1 Å². The van der Waals surface area contributed by atoms with Crippen LogP contribution in [-0.4, -0.2) is 33.7 Å². The van der Waals surface area contributed by atoms with Gasteiger partial charge in [0.15, 0.2) is 0 Å². The number of amides is 1. The molecular weight excluding hydrogens is 389 g/mol. The molecule has 1 atom stereocenters. The predicted molar refractivity (Wildman–Crippen MR) is 94.9 cm³/mol. The molecule has 22 heavy (non-hydrogen) atoms. The molecule has 2 aromatic rings. The number of aryl methyl sites for hydroxylation is 1. The highest BCUT2D eigenvalue weighted by molar-refractivity contribution is 14.1. The zero-order valence-corrected chi connectivity index (χ0v) is 14.9. The third-order valence-corrected chi connectivity index (χ3v) is 4.97. The molecule has 1 aromatic heterocycles. The normalized spacial score (nSPS) is 18.5. The van der Waals surface area contributed by atoms with Crippen molar-refractivity contribution < 1.29 is 4.79 Å². The van der Waals surface area contributed by atoms with Gasteiger partial charge in [0, 0.05) is 35.3 Å². The molecule has 116 valence electrons. The second kappa shape index (κ2) is 6.81. The van der Waals surface area contributed by atoms with E-state index in [-0.39, 0.29) is 5.91 Å². The summed E-state index contributed by atoms with van der Waals surface area (Å²) in [6, 6.07) is 8.66. The fraction of sp³-hybridized carbons (Fsp3) is 0.412. The average molecular weight is 409 g/mol. The van der Waals surface area contributed by atoms with Gasteiger partial charge in [-0.05, 0) is 60.1 Å². The quantitative estimate of drug-likeness (QED) is 0.728. The van der Waals surface area contributed by atoms with Crippen molar-refractivity contribution in [1.29, 1.82) is 0 Å². The first-order chi connectivity index (χ1) is 10.7. The van der Waals surface area contributed by atoms with Crippen molar-refractivity contribution in [2.45, 2.75) is 32.2 Å². The van der Waals surface area contributed by atoms with Gasteiger partial charge in [-0.2, -0.15) is 5.10 Å². The Labute approximate surface area is 144 Å². The summed E-state index contributed by atoms with van der Waals surface area (Å²) < 4.78 is 3.05. The largest absolute Gasteiger partial charge is 0.338 e. The lowest BCUT2D eigenvalue weighted by atomic mass is 9.90. The molecular formula is C17H20IN3O. The number of hydrogen-bond acceptors (Lipinski definition) is 2. The first-order valence-corrected chi connectivity index (χ1v) is 8.82. The summed E-state index contributed by atoms with van der Waals surface area (Å²) in [7, 11) is 0. The Kier molecular flexibility index (Phi) is 4.81. The lowest BCUT2D eigenvalue weighted by molar-refractivity contribution is 0.0707. The van der Waals surface area contributed by atoms with E-state index in [0.29, 0.717) is 11.5 Å². The lowest BCUT2D eigenvalue weighted by Gasteiger charge is -2.32. The monoisotopic (exact) mass is 409 g/mol. The number of rotatable bonds is 3. The molecule has 1 aromatic carbocycles. The van der Waals surface area contributed by atoms with Crippen molar-refractivity contribution in [3.8, 4) is 0 Å². The smallest absolute Gasteiger partial charge is 0.257 e. The van der Waals surface area contributed by atoms with E-state index >= 15 is 0 Å². The van der Waals surface area contributed by atoms with Crippen LogP contribution in [-0.2, 0) is 6.54 Å². The van der Waals surface area contributed by atoms with Crippen LogP contribution in [0.15, 0.2) is 36.7 Å². The Morgan fingerprint density at radius 1 is 1.36 bits per heavy atom.